The summed E-state index contributed by atoms with van der Waals surface area (Å²) in [5.74, 6) is 0.127. The standard InChI is InChI=1S/C16H21N3O2S/c1-3-11(4-2)15-18-19-16(22-15)17-14(21)10-13(20)12-8-6-5-7-9-12/h5-9,11,13,20H,3-4,10H2,1-2H3,(H,17,19,21). The van der Waals surface area contributed by atoms with Crippen molar-refractivity contribution < 1.29 is 9.90 Å². The summed E-state index contributed by atoms with van der Waals surface area (Å²) in [5, 5.41) is 22.3. The molecule has 1 atom stereocenters. The number of nitrogens with one attached hydrogen (secondary N) is 1. The maximum absolute atomic E-state index is 12.0. The van der Waals surface area contributed by atoms with Crippen molar-refractivity contribution >= 4 is 22.4 Å². The zero-order valence-electron chi connectivity index (χ0n) is 12.8. The van der Waals surface area contributed by atoms with Crippen LogP contribution in [-0.4, -0.2) is 21.2 Å². The molecule has 118 valence electrons. The van der Waals surface area contributed by atoms with Crippen molar-refractivity contribution in [2.75, 3.05) is 5.32 Å². The van der Waals surface area contributed by atoms with E-state index >= 15 is 0 Å². The van der Waals surface area contributed by atoms with Gasteiger partial charge in [0, 0.05) is 5.92 Å². The van der Waals surface area contributed by atoms with Crippen molar-refractivity contribution in [3.63, 3.8) is 0 Å². The highest BCUT2D eigenvalue weighted by molar-refractivity contribution is 7.15. The maximum Gasteiger partial charge on any atom is 0.229 e. The summed E-state index contributed by atoms with van der Waals surface area (Å²) in [7, 11) is 0. The van der Waals surface area contributed by atoms with Gasteiger partial charge in [0.15, 0.2) is 0 Å². The number of amides is 1. The first-order chi connectivity index (χ1) is 10.6. The van der Waals surface area contributed by atoms with Crippen LogP contribution >= 0.6 is 11.3 Å². The molecule has 0 aliphatic heterocycles. The largest absolute Gasteiger partial charge is 0.388 e. The molecule has 1 heterocycles. The lowest BCUT2D eigenvalue weighted by atomic mass is 10.1. The van der Waals surface area contributed by atoms with Gasteiger partial charge in [-0.15, -0.1) is 10.2 Å². The Balaban J connectivity index is 1.92. The average molecular weight is 319 g/mol. The second kappa shape index (κ2) is 8.00. The number of hydrogen-bond acceptors (Lipinski definition) is 5. The van der Waals surface area contributed by atoms with Gasteiger partial charge in [0.2, 0.25) is 11.0 Å². The molecule has 1 aromatic heterocycles. The van der Waals surface area contributed by atoms with Gasteiger partial charge in [-0.1, -0.05) is 55.5 Å². The Morgan fingerprint density at radius 1 is 1.23 bits per heavy atom. The van der Waals surface area contributed by atoms with Gasteiger partial charge >= 0.3 is 0 Å². The third-order valence-corrected chi connectivity index (χ3v) is 4.59. The molecule has 22 heavy (non-hydrogen) atoms. The molecule has 2 aromatic rings. The van der Waals surface area contributed by atoms with Crippen LogP contribution in [0.4, 0.5) is 5.13 Å². The summed E-state index contributed by atoms with van der Waals surface area (Å²) in [6.07, 6.45) is 1.20. The minimum atomic E-state index is -0.812. The maximum atomic E-state index is 12.0. The zero-order valence-corrected chi connectivity index (χ0v) is 13.6. The monoisotopic (exact) mass is 319 g/mol. The lowest BCUT2D eigenvalue weighted by Gasteiger charge is -2.09. The molecule has 2 N–H and O–H groups in total. The third kappa shape index (κ3) is 4.35. The van der Waals surface area contributed by atoms with Crippen molar-refractivity contribution in [1.82, 2.24) is 10.2 Å². The van der Waals surface area contributed by atoms with E-state index in [2.05, 4.69) is 29.4 Å². The fourth-order valence-corrected chi connectivity index (χ4v) is 3.25. The van der Waals surface area contributed by atoms with Crippen molar-refractivity contribution in [1.29, 1.82) is 0 Å². The van der Waals surface area contributed by atoms with Crippen LogP contribution in [0.5, 0.6) is 0 Å². The quantitative estimate of drug-likeness (QED) is 0.819. The molecule has 0 spiro atoms. The van der Waals surface area contributed by atoms with Gasteiger partial charge in [0.05, 0.1) is 12.5 Å². The number of nitrogens with zero attached hydrogens (tertiary/aromatic N) is 2. The van der Waals surface area contributed by atoms with Gasteiger partial charge in [-0.05, 0) is 18.4 Å². The third-order valence-electron chi connectivity index (χ3n) is 3.58. The molecular weight excluding hydrogens is 298 g/mol. The molecule has 6 heteroatoms. The lowest BCUT2D eigenvalue weighted by molar-refractivity contribution is -0.118. The molecule has 0 saturated heterocycles. The van der Waals surface area contributed by atoms with Crippen LogP contribution in [0.25, 0.3) is 0 Å². The molecule has 0 aliphatic rings. The Kier molecular flexibility index (Phi) is 6.03. The van der Waals surface area contributed by atoms with Gasteiger partial charge < -0.3 is 10.4 Å². The molecule has 0 saturated carbocycles. The predicted molar refractivity (Wildman–Crippen MR) is 87.9 cm³/mol. The predicted octanol–water partition coefficient (Wildman–Crippen LogP) is 3.50. The minimum absolute atomic E-state index is 0.00388. The Morgan fingerprint density at radius 2 is 1.91 bits per heavy atom. The second-order valence-corrected chi connectivity index (χ2v) is 6.15. The highest BCUT2D eigenvalue weighted by Crippen LogP contribution is 2.28. The van der Waals surface area contributed by atoms with Crippen molar-refractivity contribution in [2.45, 2.75) is 45.1 Å². The molecule has 0 fully saturated rings. The highest BCUT2D eigenvalue weighted by Gasteiger charge is 2.17. The smallest absolute Gasteiger partial charge is 0.229 e. The van der Waals surface area contributed by atoms with Crippen LogP contribution < -0.4 is 5.32 Å². The van der Waals surface area contributed by atoms with Crippen LogP contribution in [0.1, 0.15) is 55.7 Å². The molecule has 1 aromatic carbocycles. The van der Waals surface area contributed by atoms with Crippen LogP contribution in [0.3, 0.4) is 0 Å². The van der Waals surface area contributed by atoms with Gasteiger partial charge in [-0.3, -0.25) is 4.79 Å². The van der Waals surface area contributed by atoms with Gasteiger partial charge in [0.25, 0.3) is 0 Å². The Bertz CT molecular complexity index is 596. The SMILES string of the molecule is CCC(CC)c1nnc(NC(=O)CC(O)c2ccccc2)s1. The second-order valence-electron chi connectivity index (χ2n) is 5.14. The number of carbonyl (C=O) groups is 1. The number of benzene rings is 1. The first-order valence-electron chi connectivity index (χ1n) is 7.50. The van der Waals surface area contributed by atoms with Crippen LogP contribution in [-0.2, 0) is 4.79 Å². The Hall–Kier alpha value is -1.79. The van der Waals surface area contributed by atoms with Crippen molar-refractivity contribution in [3.8, 4) is 0 Å². The van der Waals surface area contributed by atoms with Gasteiger partial charge in [0.1, 0.15) is 5.01 Å². The van der Waals surface area contributed by atoms with E-state index in [0.29, 0.717) is 11.0 Å². The number of carbonyl (C=O) groups excluding carboxylic acids is 1. The summed E-state index contributed by atoms with van der Waals surface area (Å²) in [4.78, 5) is 12.0. The average Bonchev–Trinajstić information content (AvgIpc) is 2.97. The summed E-state index contributed by atoms with van der Waals surface area (Å²) in [6, 6.07) is 9.14. The van der Waals surface area contributed by atoms with E-state index in [1.165, 1.54) is 11.3 Å². The summed E-state index contributed by atoms with van der Waals surface area (Å²) < 4.78 is 0. The molecule has 0 bridgehead atoms. The van der Waals surface area contributed by atoms with E-state index in [1.807, 2.05) is 18.2 Å². The minimum Gasteiger partial charge on any atom is -0.388 e. The molecule has 1 unspecified atom stereocenters. The number of aliphatic hydroxyl groups excluding tert-OH is 1. The van der Waals surface area contributed by atoms with E-state index in [9.17, 15) is 9.90 Å². The van der Waals surface area contributed by atoms with Crippen molar-refractivity contribution in [2.24, 2.45) is 0 Å². The number of aromatic nitrogens is 2. The fraction of sp³-hybridized carbons (Fsp3) is 0.438. The zero-order chi connectivity index (χ0) is 15.9. The van der Waals surface area contributed by atoms with E-state index < -0.39 is 6.10 Å². The summed E-state index contributed by atoms with van der Waals surface area (Å²) in [6.45, 7) is 4.23. The van der Waals surface area contributed by atoms with Crippen LogP contribution in [0, 0.1) is 0 Å². The van der Waals surface area contributed by atoms with Crippen LogP contribution in [0.15, 0.2) is 30.3 Å². The van der Waals surface area contributed by atoms with E-state index in [4.69, 9.17) is 0 Å². The molecule has 1 amide bonds. The molecule has 0 aliphatic carbocycles. The van der Waals surface area contributed by atoms with Gasteiger partial charge in [-0.25, -0.2) is 0 Å². The van der Waals surface area contributed by atoms with Crippen LogP contribution in [0.2, 0.25) is 0 Å². The number of aliphatic hydroxyl groups is 1. The summed E-state index contributed by atoms with van der Waals surface area (Å²) >= 11 is 1.41. The Labute approximate surface area is 134 Å². The number of anilines is 1. The van der Waals surface area contributed by atoms with E-state index in [-0.39, 0.29) is 12.3 Å². The fourth-order valence-electron chi connectivity index (χ4n) is 2.23. The van der Waals surface area contributed by atoms with Crippen molar-refractivity contribution in [3.05, 3.63) is 40.9 Å². The number of rotatable bonds is 7. The topological polar surface area (TPSA) is 75.1 Å². The highest BCUT2D eigenvalue weighted by atomic mass is 32.1. The van der Waals surface area contributed by atoms with E-state index in [0.717, 1.165) is 23.4 Å². The molecule has 5 nitrogen and oxygen atoms in total. The Morgan fingerprint density at radius 3 is 2.55 bits per heavy atom. The first kappa shape index (κ1) is 16.6. The van der Waals surface area contributed by atoms with E-state index in [1.54, 1.807) is 12.1 Å². The lowest BCUT2D eigenvalue weighted by Crippen LogP contribution is -2.15. The molecular formula is C16H21N3O2S. The molecule has 0 radical (unpaired) electrons. The summed E-state index contributed by atoms with van der Waals surface area (Å²) in [5.41, 5.74) is 0.729. The normalized spacial score (nSPS) is 12.4. The molecule has 2 rings (SSSR count). The first-order valence-corrected chi connectivity index (χ1v) is 8.31. The number of hydrogen-bond donors (Lipinski definition) is 2. The van der Waals surface area contributed by atoms with Gasteiger partial charge in [-0.2, -0.15) is 0 Å².